The van der Waals surface area contributed by atoms with Gasteiger partial charge in [-0.1, -0.05) is 18.9 Å². The molecule has 108 valence electrons. The Bertz CT molecular complexity index is 481. The molecule has 0 aromatic heterocycles. The summed E-state index contributed by atoms with van der Waals surface area (Å²) in [5.74, 6) is -1.31. The van der Waals surface area contributed by atoms with E-state index in [-0.39, 0.29) is 11.5 Å². The van der Waals surface area contributed by atoms with Crippen molar-refractivity contribution in [3.8, 4) is 0 Å². The number of nitrogens with one attached hydrogen (secondary N) is 1. The lowest BCUT2D eigenvalue weighted by molar-refractivity contribution is 0.0581. The number of ether oxygens (including phenoxy) is 1. The lowest BCUT2D eigenvalue weighted by Crippen LogP contribution is -2.28. The van der Waals surface area contributed by atoms with Gasteiger partial charge in [0, 0.05) is 12.1 Å². The summed E-state index contributed by atoms with van der Waals surface area (Å²) in [6, 6.07) is 5.99. The Morgan fingerprint density at radius 2 is 1.95 bits per heavy atom. The molecule has 1 aromatic rings. The summed E-state index contributed by atoms with van der Waals surface area (Å²) in [4.78, 5) is 22.7. The van der Waals surface area contributed by atoms with Crippen LogP contribution in [0.2, 0.25) is 0 Å². The van der Waals surface area contributed by atoms with Crippen molar-refractivity contribution in [1.82, 2.24) is 5.32 Å². The summed E-state index contributed by atoms with van der Waals surface area (Å²) >= 11 is 0. The molecule has 0 saturated heterocycles. The van der Waals surface area contributed by atoms with Gasteiger partial charge in [0.15, 0.2) is 0 Å². The molecule has 0 aliphatic heterocycles. The van der Waals surface area contributed by atoms with E-state index in [0.717, 1.165) is 12.8 Å². The van der Waals surface area contributed by atoms with Crippen LogP contribution in [0.1, 0.15) is 46.4 Å². The number of aromatic carboxylic acids is 1. The van der Waals surface area contributed by atoms with Gasteiger partial charge in [0.25, 0.3) is 5.91 Å². The fourth-order valence-corrected chi connectivity index (χ4v) is 2.34. The smallest absolute Gasteiger partial charge is 0.335 e. The zero-order valence-electron chi connectivity index (χ0n) is 11.3. The van der Waals surface area contributed by atoms with E-state index < -0.39 is 5.97 Å². The topological polar surface area (TPSA) is 75.6 Å². The predicted octanol–water partition coefficient (Wildman–Crippen LogP) is 2.07. The number of rotatable bonds is 6. The zero-order valence-corrected chi connectivity index (χ0v) is 11.3. The lowest BCUT2D eigenvalue weighted by Gasteiger charge is -2.11. The first-order valence-corrected chi connectivity index (χ1v) is 6.90. The summed E-state index contributed by atoms with van der Waals surface area (Å²) in [6.07, 6.45) is 4.99. The molecule has 1 saturated carbocycles. The molecule has 20 heavy (non-hydrogen) atoms. The van der Waals surface area contributed by atoms with E-state index in [0.29, 0.717) is 24.8 Å². The molecule has 0 atom stereocenters. The van der Waals surface area contributed by atoms with Crippen LogP contribution in [-0.2, 0) is 4.74 Å². The number of amides is 1. The van der Waals surface area contributed by atoms with Crippen molar-refractivity contribution in [3.05, 3.63) is 35.4 Å². The van der Waals surface area contributed by atoms with Crippen LogP contribution in [-0.4, -0.2) is 36.2 Å². The zero-order chi connectivity index (χ0) is 14.4. The molecular weight excluding hydrogens is 258 g/mol. The van der Waals surface area contributed by atoms with Crippen molar-refractivity contribution in [2.45, 2.75) is 31.8 Å². The van der Waals surface area contributed by atoms with Crippen molar-refractivity contribution >= 4 is 11.9 Å². The highest BCUT2D eigenvalue weighted by molar-refractivity contribution is 5.97. The maximum Gasteiger partial charge on any atom is 0.335 e. The molecule has 1 amide bonds. The lowest BCUT2D eigenvalue weighted by atomic mass is 10.1. The van der Waals surface area contributed by atoms with E-state index in [2.05, 4.69) is 5.32 Å². The molecule has 5 nitrogen and oxygen atoms in total. The molecule has 0 unspecified atom stereocenters. The molecule has 2 N–H and O–H groups in total. The molecule has 1 aliphatic carbocycles. The number of hydrogen-bond acceptors (Lipinski definition) is 3. The molecule has 0 heterocycles. The molecular formula is C15H19NO4. The minimum atomic E-state index is -1.04. The van der Waals surface area contributed by atoms with Crippen LogP contribution in [0, 0.1) is 0 Å². The van der Waals surface area contributed by atoms with E-state index in [1.807, 2.05) is 0 Å². The SMILES string of the molecule is O=C(O)c1cccc(C(=O)NCCOC2CCCC2)c1. The van der Waals surface area contributed by atoms with E-state index >= 15 is 0 Å². The number of hydrogen-bond donors (Lipinski definition) is 2. The van der Waals surface area contributed by atoms with E-state index in [4.69, 9.17) is 9.84 Å². The monoisotopic (exact) mass is 277 g/mol. The Morgan fingerprint density at radius 1 is 1.25 bits per heavy atom. The van der Waals surface area contributed by atoms with Gasteiger partial charge in [0.05, 0.1) is 18.3 Å². The van der Waals surface area contributed by atoms with Crippen LogP contribution in [0.4, 0.5) is 0 Å². The molecule has 1 aromatic carbocycles. The van der Waals surface area contributed by atoms with Gasteiger partial charge < -0.3 is 15.2 Å². The first-order valence-electron chi connectivity index (χ1n) is 6.90. The largest absolute Gasteiger partial charge is 0.478 e. The van der Waals surface area contributed by atoms with Gasteiger partial charge in [-0.3, -0.25) is 4.79 Å². The van der Waals surface area contributed by atoms with Crippen molar-refractivity contribution < 1.29 is 19.4 Å². The highest BCUT2D eigenvalue weighted by Crippen LogP contribution is 2.20. The Balaban J connectivity index is 1.76. The minimum absolute atomic E-state index is 0.111. The Labute approximate surface area is 117 Å². The van der Waals surface area contributed by atoms with Crippen LogP contribution in [0.3, 0.4) is 0 Å². The summed E-state index contributed by atoms with van der Waals surface area (Å²) in [7, 11) is 0. The Kier molecular flexibility index (Phi) is 5.12. The predicted molar refractivity (Wildman–Crippen MR) is 73.9 cm³/mol. The number of carboxylic acid groups (broad SMARTS) is 1. The van der Waals surface area contributed by atoms with Crippen molar-refractivity contribution in [2.24, 2.45) is 0 Å². The summed E-state index contributed by atoms with van der Waals surface area (Å²) < 4.78 is 5.64. The quantitative estimate of drug-likeness (QED) is 0.780. The first-order chi connectivity index (χ1) is 9.66. The summed E-state index contributed by atoms with van der Waals surface area (Å²) in [6.45, 7) is 0.932. The number of carbonyl (C=O) groups is 2. The van der Waals surface area contributed by atoms with E-state index in [1.54, 1.807) is 12.1 Å². The third kappa shape index (κ3) is 4.06. The molecule has 5 heteroatoms. The van der Waals surface area contributed by atoms with Crippen molar-refractivity contribution in [1.29, 1.82) is 0 Å². The third-order valence-corrected chi connectivity index (χ3v) is 3.42. The summed E-state index contributed by atoms with van der Waals surface area (Å²) in [5.41, 5.74) is 0.464. The maximum absolute atomic E-state index is 11.9. The summed E-state index contributed by atoms with van der Waals surface area (Å²) in [5, 5.41) is 11.6. The van der Waals surface area contributed by atoms with Crippen LogP contribution >= 0.6 is 0 Å². The highest BCUT2D eigenvalue weighted by Gasteiger charge is 2.15. The second kappa shape index (κ2) is 7.05. The Morgan fingerprint density at radius 3 is 2.65 bits per heavy atom. The fraction of sp³-hybridized carbons (Fsp3) is 0.467. The first kappa shape index (κ1) is 14.5. The average Bonchev–Trinajstić information content (AvgIpc) is 2.96. The Hall–Kier alpha value is -1.88. The third-order valence-electron chi connectivity index (χ3n) is 3.42. The fourth-order valence-electron chi connectivity index (χ4n) is 2.34. The van der Waals surface area contributed by atoms with Crippen molar-refractivity contribution in [2.75, 3.05) is 13.2 Å². The molecule has 0 spiro atoms. The molecule has 0 radical (unpaired) electrons. The van der Waals surface area contributed by atoms with Crippen LogP contribution in [0.15, 0.2) is 24.3 Å². The van der Waals surface area contributed by atoms with Crippen LogP contribution in [0.5, 0.6) is 0 Å². The van der Waals surface area contributed by atoms with Gasteiger partial charge in [-0.2, -0.15) is 0 Å². The minimum Gasteiger partial charge on any atom is -0.478 e. The second-order valence-electron chi connectivity index (χ2n) is 4.92. The maximum atomic E-state index is 11.9. The molecule has 0 bridgehead atoms. The molecule has 1 aliphatic rings. The molecule has 1 fully saturated rings. The van der Waals surface area contributed by atoms with Gasteiger partial charge in [-0.15, -0.1) is 0 Å². The van der Waals surface area contributed by atoms with E-state index in [1.165, 1.54) is 25.0 Å². The molecule has 2 rings (SSSR count). The van der Waals surface area contributed by atoms with Crippen molar-refractivity contribution in [3.63, 3.8) is 0 Å². The number of benzene rings is 1. The average molecular weight is 277 g/mol. The number of carbonyl (C=O) groups excluding carboxylic acids is 1. The second-order valence-corrected chi connectivity index (χ2v) is 4.92. The normalized spacial score (nSPS) is 15.2. The van der Waals surface area contributed by atoms with Crippen LogP contribution in [0.25, 0.3) is 0 Å². The van der Waals surface area contributed by atoms with Gasteiger partial charge in [0.1, 0.15) is 0 Å². The van der Waals surface area contributed by atoms with E-state index in [9.17, 15) is 9.59 Å². The van der Waals surface area contributed by atoms with Gasteiger partial charge in [-0.25, -0.2) is 4.79 Å². The number of carboxylic acids is 1. The van der Waals surface area contributed by atoms with Crippen LogP contribution < -0.4 is 5.32 Å². The van der Waals surface area contributed by atoms with Gasteiger partial charge in [-0.05, 0) is 31.0 Å². The standard InChI is InChI=1S/C15H19NO4/c17-14(11-4-3-5-12(10-11)15(18)19)16-8-9-20-13-6-1-2-7-13/h3-5,10,13H,1-2,6-9H2,(H,16,17)(H,18,19). The van der Waals surface area contributed by atoms with Gasteiger partial charge >= 0.3 is 5.97 Å². The highest BCUT2D eigenvalue weighted by atomic mass is 16.5. The van der Waals surface area contributed by atoms with Gasteiger partial charge in [0.2, 0.25) is 0 Å².